The summed E-state index contributed by atoms with van der Waals surface area (Å²) in [6, 6.07) is 9.05. The highest BCUT2D eigenvalue weighted by Crippen LogP contribution is 2.26. The summed E-state index contributed by atoms with van der Waals surface area (Å²) in [7, 11) is 0. The van der Waals surface area contributed by atoms with Crippen LogP contribution in [-0.2, 0) is 11.8 Å². The van der Waals surface area contributed by atoms with E-state index in [9.17, 15) is 0 Å². The summed E-state index contributed by atoms with van der Waals surface area (Å²) in [5.74, 6) is 0. The van der Waals surface area contributed by atoms with Crippen molar-refractivity contribution < 1.29 is 0 Å². The molecule has 0 aromatic heterocycles. The monoisotopic (exact) mass is 262 g/mol. The van der Waals surface area contributed by atoms with E-state index in [1.54, 1.807) is 0 Å². The SMILES string of the molecule is CC(C)(C)c1ccc(CC2=CC(Cl)CCC2)cc1. The third kappa shape index (κ3) is 3.62. The van der Waals surface area contributed by atoms with Crippen LogP contribution in [0.2, 0.25) is 0 Å². The number of rotatable bonds is 2. The molecule has 98 valence electrons. The lowest BCUT2D eigenvalue weighted by Crippen LogP contribution is -2.11. The van der Waals surface area contributed by atoms with Gasteiger partial charge in [-0.15, -0.1) is 11.6 Å². The zero-order valence-corrected chi connectivity index (χ0v) is 12.4. The maximum Gasteiger partial charge on any atom is 0.0518 e. The van der Waals surface area contributed by atoms with Crippen LogP contribution < -0.4 is 0 Å². The molecule has 1 aliphatic rings. The molecule has 18 heavy (non-hydrogen) atoms. The maximum atomic E-state index is 6.19. The molecule has 0 saturated carbocycles. The highest BCUT2D eigenvalue weighted by molar-refractivity contribution is 6.21. The van der Waals surface area contributed by atoms with E-state index in [1.807, 2.05) is 0 Å². The lowest BCUT2D eigenvalue weighted by Gasteiger charge is -2.20. The summed E-state index contributed by atoms with van der Waals surface area (Å²) >= 11 is 6.19. The smallest absolute Gasteiger partial charge is 0.0518 e. The summed E-state index contributed by atoms with van der Waals surface area (Å²) in [4.78, 5) is 0. The van der Waals surface area contributed by atoms with E-state index >= 15 is 0 Å². The molecule has 0 bridgehead atoms. The Kier molecular flexibility index (Phi) is 4.17. The van der Waals surface area contributed by atoms with E-state index in [0.717, 1.165) is 12.8 Å². The Bertz CT molecular complexity index is 420. The van der Waals surface area contributed by atoms with Crippen molar-refractivity contribution in [3.05, 3.63) is 47.0 Å². The molecule has 0 N–H and O–H groups in total. The van der Waals surface area contributed by atoms with E-state index < -0.39 is 0 Å². The molecular weight excluding hydrogens is 240 g/mol. The Balaban J connectivity index is 2.07. The zero-order chi connectivity index (χ0) is 13.2. The lowest BCUT2D eigenvalue weighted by molar-refractivity contribution is 0.590. The third-order valence-electron chi connectivity index (χ3n) is 3.65. The van der Waals surface area contributed by atoms with E-state index in [4.69, 9.17) is 11.6 Å². The molecule has 0 heterocycles. The van der Waals surface area contributed by atoms with Gasteiger partial charge in [-0.25, -0.2) is 0 Å². The first-order chi connectivity index (χ1) is 8.45. The second-order valence-electron chi connectivity index (χ2n) is 6.36. The molecule has 1 atom stereocenters. The highest BCUT2D eigenvalue weighted by atomic mass is 35.5. The fourth-order valence-corrected chi connectivity index (χ4v) is 2.81. The van der Waals surface area contributed by atoms with Crippen LogP contribution >= 0.6 is 11.6 Å². The molecule has 1 heteroatoms. The van der Waals surface area contributed by atoms with Crippen molar-refractivity contribution in [3.63, 3.8) is 0 Å². The first kappa shape index (κ1) is 13.7. The molecule has 0 nitrogen and oxygen atoms in total. The van der Waals surface area contributed by atoms with Crippen molar-refractivity contribution in [2.75, 3.05) is 0 Å². The number of hydrogen-bond donors (Lipinski definition) is 0. The average Bonchev–Trinajstić information content (AvgIpc) is 2.28. The van der Waals surface area contributed by atoms with Gasteiger partial charge in [0.05, 0.1) is 5.38 Å². The standard InChI is InChI=1S/C17H23Cl/c1-17(2,3)15-9-7-13(8-10-15)11-14-5-4-6-16(18)12-14/h7-10,12,16H,4-6,11H2,1-3H3. The zero-order valence-electron chi connectivity index (χ0n) is 11.7. The first-order valence-electron chi connectivity index (χ1n) is 6.88. The highest BCUT2D eigenvalue weighted by Gasteiger charge is 2.14. The molecule has 0 spiro atoms. The van der Waals surface area contributed by atoms with E-state index in [-0.39, 0.29) is 10.8 Å². The quantitative estimate of drug-likeness (QED) is 0.505. The van der Waals surface area contributed by atoms with Crippen LogP contribution in [0.3, 0.4) is 0 Å². The predicted molar refractivity (Wildman–Crippen MR) is 80.4 cm³/mol. The molecule has 1 unspecified atom stereocenters. The summed E-state index contributed by atoms with van der Waals surface area (Å²) in [6.07, 6.45) is 6.90. The summed E-state index contributed by atoms with van der Waals surface area (Å²) in [5.41, 5.74) is 4.55. The van der Waals surface area contributed by atoms with Gasteiger partial charge in [-0.3, -0.25) is 0 Å². The molecule has 2 rings (SSSR count). The van der Waals surface area contributed by atoms with Gasteiger partial charge in [0.2, 0.25) is 0 Å². The Morgan fingerprint density at radius 1 is 1.17 bits per heavy atom. The van der Waals surface area contributed by atoms with Gasteiger partial charge in [-0.05, 0) is 42.2 Å². The van der Waals surface area contributed by atoms with Gasteiger partial charge >= 0.3 is 0 Å². The Morgan fingerprint density at radius 2 is 1.83 bits per heavy atom. The van der Waals surface area contributed by atoms with Gasteiger partial charge in [-0.1, -0.05) is 56.7 Å². The van der Waals surface area contributed by atoms with Gasteiger partial charge < -0.3 is 0 Å². The number of halogens is 1. The molecular formula is C17H23Cl. The molecule has 0 radical (unpaired) electrons. The largest absolute Gasteiger partial charge is 0.118 e. The fourth-order valence-electron chi connectivity index (χ4n) is 2.48. The van der Waals surface area contributed by atoms with Crippen LogP contribution in [-0.4, -0.2) is 5.38 Å². The molecule has 0 fully saturated rings. The second kappa shape index (κ2) is 5.48. The Morgan fingerprint density at radius 3 is 2.39 bits per heavy atom. The maximum absolute atomic E-state index is 6.19. The molecule has 1 aromatic carbocycles. The topological polar surface area (TPSA) is 0 Å². The summed E-state index contributed by atoms with van der Waals surface area (Å²) in [6.45, 7) is 6.76. The predicted octanol–water partition coefficient (Wildman–Crippen LogP) is 5.24. The van der Waals surface area contributed by atoms with E-state index in [2.05, 4.69) is 51.1 Å². The van der Waals surface area contributed by atoms with Crippen molar-refractivity contribution in [2.45, 2.75) is 57.2 Å². The second-order valence-corrected chi connectivity index (χ2v) is 6.92. The molecule has 0 amide bonds. The number of benzene rings is 1. The lowest BCUT2D eigenvalue weighted by atomic mass is 9.86. The summed E-state index contributed by atoms with van der Waals surface area (Å²) in [5, 5.41) is 0.252. The van der Waals surface area contributed by atoms with Crippen molar-refractivity contribution in [3.8, 4) is 0 Å². The molecule has 0 aliphatic heterocycles. The van der Waals surface area contributed by atoms with Crippen molar-refractivity contribution >= 4 is 11.6 Å². The van der Waals surface area contributed by atoms with Gasteiger partial charge in [0.15, 0.2) is 0 Å². The van der Waals surface area contributed by atoms with Gasteiger partial charge in [-0.2, -0.15) is 0 Å². The van der Waals surface area contributed by atoms with E-state index in [0.29, 0.717) is 0 Å². The van der Waals surface area contributed by atoms with Crippen LogP contribution in [0.1, 0.15) is 51.2 Å². The minimum Gasteiger partial charge on any atom is -0.118 e. The Labute approximate surface area is 116 Å². The number of hydrogen-bond acceptors (Lipinski definition) is 0. The fraction of sp³-hybridized carbons (Fsp3) is 0.529. The van der Waals surface area contributed by atoms with Crippen LogP contribution in [0, 0.1) is 0 Å². The molecule has 1 aliphatic carbocycles. The average molecular weight is 263 g/mol. The van der Waals surface area contributed by atoms with Crippen LogP contribution in [0.15, 0.2) is 35.9 Å². The minimum absolute atomic E-state index is 0.240. The first-order valence-corrected chi connectivity index (χ1v) is 7.32. The molecule has 1 aromatic rings. The van der Waals surface area contributed by atoms with Crippen LogP contribution in [0.5, 0.6) is 0 Å². The number of alkyl halides is 1. The van der Waals surface area contributed by atoms with Crippen molar-refractivity contribution in [2.24, 2.45) is 0 Å². The third-order valence-corrected chi connectivity index (χ3v) is 3.99. The minimum atomic E-state index is 0.240. The Hall–Kier alpha value is -0.750. The van der Waals surface area contributed by atoms with Crippen LogP contribution in [0.25, 0.3) is 0 Å². The van der Waals surface area contributed by atoms with Gasteiger partial charge in [0.25, 0.3) is 0 Å². The van der Waals surface area contributed by atoms with Crippen molar-refractivity contribution in [1.29, 1.82) is 0 Å². The van der Waals surface area contributed by atoms with Crippen LogP contribution in [0.4, 0.5) is 0 Å². The summed E-state index contributed by atoms with van der Waals surface area (Å²) < 4.78 is 0. The van der Waals surface area contributed by atoms with Crippen molar-refractivity contribution in [1.82, 2.24) is 0 Å². The van der Waals surface area contributed by atoms with E-state index in [1.165, 1.54) is 29.5 Å². The van der Waals surface area contributed by atoms with Gasteiger partial charge in [0, 0.05) is 0 Å². The normalized spacial score (nSPS) is 20.7. The van der Waals surface area contributed by atoms with Gasteiger partial charge in [0.1, 0.15) is 0 Å². The number of allylic oxidation sites excluding steroid dienone is 2. The molecule has 0 saturated heterocycles.